The second kappa shape index (κ2) is 7.25. The second-order valence-corrected chi connectivity index (χ2v) is 8.68. The fourth-order valence-corrected chi connectivity index (χ4v) is 4.33. The Morgan fingerprint density at radius 1 is 1.24 bits per heavy atom. The van der Waals surface area contributed by atoms with Gasteiger partial charge in [-0.2, -0.15) is 0 Å². The van der Waals surface area contributed by atoms with Crippen molar-refractivity contribution in [2.24, 2.45) is 5.92 Å². The number of halogens is 2. The van der Waals surface area contributed by atoms with Gasteiger partial charge in [-0.25, -0.2) is 4.79 Å². The number of nitrogens with one attached hydrogen (secondary N) is 1. The lowest BCUT2D eigenvalue weighted by atomic mass is 9.83. The van der Waals surface area contributed by atoms with Crippen LogP contribution in [0.1, 0.15) is 37.0 Å². The zero-order valence-corrected chi connectivity index (χ0v) is 17.4. The molecule has 6 heteroatoms. The van der Waals surface area contributed by atoms with Gasteiger partial charge in [-0.15, -0.1) is 0 Å². The summed E-state index contributed by atoms with van der Waals surface area (Å²) in [7, 11) is 0. The minimum Gasteiger partial charge on any atom is -0.506 e. The highest BCUT2D eigenvalue weighted by Gasteiger charge is 2.35. The van der Waals surface area contributed by atoms with Crippen LogP contribution in [-0.4, -0.2) is 29.8 Å². The number of benzene rings is 2. The van der Waals surface area contributed by atoms with Gasteiger partial charge >= 0.3 is 5.97 Å². The number of aromatic hydroxyl groups is 1. The highest BCUT2D eigenvalue weighted by molar-refractivity contribution is 9.11. The number of phenolic OH excluding ortho intramolecular Hbond substituents is 1. The molecule has 1 heterocycles. The van der Waals surface area contributed by atoms with E-state index < -0.39 is 11.6 Å². The molecule has 0 unspecified atom stereocenters. The second-order valence-electron chi connectivity index (χ2n) is 6.97. The molecule has 134 valence electrons. The van der Waals surface area contributed by atoms with Crippen molar-refractivity contribution < 1.29 is 14.6 Å². The van der Waals surface area contributed by atoms with Crippen molar-refractivity contribution in [3.05, 3.63) is 38.8 Å². The summed E-state index contributed by atoms with van der Waals surface area (Å²) in [6.45, 7) is 5.77. The SMILES string of the molecule is CC(C)(OC(=O)c1cc2cc(Br)ccc2c(Br)c1O)C1CCNCC1. The molecule has 1 fully saturated rings. The molecule has 0 spiro atoms. The number of carbonyl (C=O) groups is 1. The number of esters is 1. The highest BCUT2D eigenvalue weighted by Crippen LogP contribution is 2.38. The van der Waals surface area contributed by atoms with E-state index in [-0.39, 0.29) is 11.3 Å². The summed E-state index contributed by atoms with van der Waals surface area (Å²) in [5, 5.41) is 15.5. The van der Waals surface area contributed by atoms with Crippen LogP contribution in [0.4, 0.5) is 0 Å². The van der Waals surface area contributed by atoms with Crippen molar-refractivity contribution in [2.45, 2.75) is 32.3 Å². The molecule has 0 aromatic heterocycles. The Labute approximate surface area is 164 Å². The Morgan fingerprint density at radius 3 is 2.60 bits per heavy atom. The quantitative estimate of drug-likeness (QED) is 0.619. The summed E-state index contributed by atoms with van der Waals surface area (Å²) < 4.78 is 7.23. The normalized spacial score (nSPS) is 16.2. The third kappa shape index (κ3) is 3.86. The molecule has 1 aliphatic rings. The number of rotatable bonds is 3. The van der Waals surface area contributed by atoms with Crippen LogP contribution in [0.25, 0.3) is 10.8 Å². The first-order valence-corrected chi connectivity index (χ1v) is 9.93. The van der Waals surface area contributed by atoms with Crippen molar-refractivity contribution in [1.29, 1.82) is 0 Å². The topological polar surface area (TPSA) is 58.6 Å². The molecular weight excluding hydrogens is 450 g/mol. The summed E-state index contributed by atoms with van der Waals surface area (Å²) in [5.74, 6) is -0.276. The zero-order chi connectivity index (χ0) is 18.2. The molecule has 0 atom stereocenters. The van der Waals surface area contributed by atoms with Crippen molar-refractivity contribution in [1.82, 2.24) is 5.32 Å². The van der Waals surface area contributed by atoms with E-state index in [2.05, 4.69) is 37.2 Å². The Kier molecular flexibility index (Phi) is 5.42. The average Bonchev–Trinajstić information content (AvgIpc) is 2.58. The third-order valence-corrected chi connectivity index (χ3v) is 6.21. The Hall–Kier alpha value is -1.11. The molecule has 4 nitrogen and oxygen atoms in total. The Morgan fingerprint density at radius 2 is 1.92 bits per heavy atom. The summed E-state index contributed by atoms with van der Waals surface area (Å²) in [4.78, 5) is 12.8. The summed E-state index contributed by atoms with van der Waals surface area (Å²) in [5.41, 5.74) is -0.399. The molecule has 0 saturated carbocycles. The number of piperidine rings is 1. The predicted molar refractivity (Wildman–Crippen MR) is 106 cm³/mol. The first-order chi connectivity index (χ1) is 11.8. The Balaban J connectivity index is 1.92. The van der Waals surface area contributed by atoms with Gasteiger partial charge in [0.1, 0.15) is 16.9 Å². The molecule has 3 rings (SSSR count). The molecule has 0 bridgehead atoms. The van der Waals surface area contributed by atoms with Gasteiger partial charge in [-0.3, -0.25) is 0 Å². The minimum atomic E-state index is -0.579. The minimum absolute atomic E-state index is 0.0825. The molecule has 2 N–H and O–H groups in total. The van der Waals surface area contributed by atoms with Gasteiger partial charge in [0, 0.05) is 10.4 Å². The van der Waals surface area contributed by atoms with Gasteiger partial charge in [-0.05, 0) is 84.7 Å². The maximum atomic E-state index is 12.8. The fraction of sp³-hybridized carbons (Fsp3) is 0.421. The van der Waals surface area contributed by atoms with Gasteiger partial charge in [0.05, 0.1) is 4.47 Å². The maximum absolute atomic E-state index is 12.8. The summed E-state index contributed by atoms with van der Waals surface area (Å²) in [6, 6.07) is 7.37. The molecule has 1 aliphatic heterocycles. The number of fused-ring (bicyclic) bond motifs is 1. The third-order valence-electron chi connectivity index (χ3n) is 4.91. The first kappa shape index (κ1) is 18.7. The lowest BCUT2D eigenvalue weighted by Gasteiger charge is -2.36. The van der Waals surface area contributed by atoms with Gasteiger partial charge in [0.25, 0.3) is 0 Å². The van der Waals surface area contributed by atoms with Gasteiger partial charge in [0.2, 0.25) is 0 Å². The molecule has 0 amide bonds. The number of carbonyl (C=O) groups excluding carboxylic acids is 1. The van der Waals surface area contributed by atoms with Crippen LogP contribution in [0.3, 0.4) is 0 Å². The van der Waals surface area contributed by atoms with E-state index in [1.807, 2.05) is 32.0 Å². The van der Waals surface area contributed by atoms with E-state index in [9.17, 15) is 9.90 Å². The highest BCUT2D eigenvalue weighted by atomic mass is 79.9. The van der Waals surface area contributed by atoms with Crippen molar-refractivity contribution in [2.75, 3.05) is 13.1 Å². The monoisotopic (exact) mass is 469 g/mol. The van der Waals surface area contributed by atoms with Crippen LogP contribution >= 0.6 is 31.9 Å². The van der Waals surface area contributed by atoms with E-state index in [4.69, 9.17) is 4.74 Å². The molecular formula is C19H21Br2NO3. The smallest absolute Gasteiger partial charge is 0.342 e. The largest absolute Gasteiger partial charge is 0.506 e. The number of ether oxygens (including phenoxy) is 1. The standard InChI is InChI=1S/C19H21Br2NO3/c1-19(2,12-5-7-22-8-6-12)25-18(24)15-10-11-9-13(20)3-4-14(11)16(21)17(15)23/h3-4,9-10,12,22-23H,5-8H2,1-2H3. The fourth-order valence-electron chi connectivity index (χ4n) is 3.37. The average molecular weight is 471 g/mol. The van der Waals surface area contributed by atoms with Gasteiger partial charge in [0.15, 0.2) is 0 Å². The van der Waals surface area contributed by atoms with Crippen LogP contribution in [-0.2, 0) is 4.74 Å². The Bertz CT molecular complexity index is 814. The molecule has 1 saturated heterocycles. The van der Waals surface area contributed by atoms with Gasteiger partial charge in [-0.1, -0.05) is 22.0 Å². The molecule has 25 heavy (non-hydrogen) atoms. The molecule has 2 aromatic carbocycles. The van der Waals surface area contributed by atoms with Crippen LogP contribution in [0.2, 0.25) is 0 Å². The van der Waals surface area contributed by atoms with E-state index in [1.165, 1.54) is 0 Å². The molecule has 0 aliphatic carbocycles. The van der Waals surface area contributed by atoms with Crippen LogP contribution in [0, 0.1) is 5.92 Å². The lowest BCUT2D eigenvalue weighted by Crippen LogP contribution is -2.42. The number of hydrogen-bond donors (Lipinski definition) is 2. The number of phenols is 1. The van der Waals surface area contributed by atoms with E-state index in [0.717, 1.165) is 41.2 Å². The predicted octanol–water partition coefficient (Wildman–Crippen LogP) is 5.01. The molecule has 2 aromatic rings. The van der Waals surface area contributed by atoms with E-state index in [0.29, 0.717) is 10.4 Å². The van der Waals surface area contributed by atoms with Crippen LogP contribution < -0.4 is 5.32 Å². The number of hydrogen-bond acceptors (Lipinski definition) is 4. The maximum Gasteiger partial charge on any atom is 0.342 e. The lowest BCUT2D eigenvalue weighted by molar-refractivity contribution is -0.0369. The van der Waals surface area contributed by atoms with Crippen LogP contribution in [0.15, 0.2) is 33.2 Å². The summed E-state index contributed by atoms with van der Waals surface area (Å²) >= 11 is 6.84. The van der Waals surface area contributed by atoms with Crippen molar-refractivity contribution in [3.63, 3.8) is 0 Å². The van der Waals surface area contributed by atoms with Crippen molar-refractivity contribution >= 4 is 48.6 Å². The van der Waals surface area contributed by atoms with E-state index in [1.54, 1.807) is 6.07 Å². The zero-order valence-electron chi connectivity index (χ0n) is 14.2. The van der Waals surface area contributed by atoms with Crippen molar-refractivity contribution in [3.8, 4) is 5.75 Å². The van der Waals surface area contributed by atoms with E-state index >= 15 is 0 Å². The van der Waals surface area contributed by atoms with Crippen LogP contribution in [0.5, 0.6) is 5.75 Å². The summed E-state index contributed by atoms with van der Waals surface area (Å²) in [6.07, 6.45) is 1.95. The van der Waals surface area contributed by atoms with Gasteiger partial charge < -0.3 is 15.2 Å². The first-order valence-electron chi connectivity index (χ1n) is 8.34. The molecule has 0 radical (unpaired) electrons.